The maximum absolute atomic E-state index is 2.61. The van der Waals surface area contributed by atoms with Crippen LogP contribution in [-0.4, -0.2) is 0 Å². The van der Waals surface area contributed by atoms with Crippen molar-refractivity contribution in [3.63, 3.8) is 0 Å². The van der Waals surface area contributed by atoms with Gasteiger partial charge in [-0.1, -0.05) is 177 Å². The molecule has 6 rings (SSSR count). The van der Waals surface area contributed by atoms with Crippen molar-refractivity contribution in [2.75, 3.05) is 0 Å². The van der Waals surface area contributed by atoms with Gasteiger partial charge in [0, 0.05) is 5.41 Å². The van der Waals surface area contributed by atoms with E-state index in [0.717, 1.165) is 12.8 Å². The minimum atomic E-state index is 0.0289. The van der Waals surface area contributed by atoms with Crippen molar-refractivity contribution < 1.29 is 0 Å². The second-order valence-corrected chi connectivity index (χ2v) is 17.4. The van der Waals surface area contributed by atoms with E-state index >= 15 is 0 Å². The molecule has 0 nitrogen and oxygen atoms in total. The van der Waals surface area contributed by atoms with Crippen molar-refractivity contribution >= 4 is 12.2 Å². The predicted molar refractivity (Wildman–Crippen MR) is 206 cm³/mol. The maximum atomic E-state index is 2.61. The molecule has 0 heterocycles. The van der Waals surface area contributed by atoms with E-state index in [9.17, 15) is 0 Å². The van der Waals surface area contributed by atoms with Gasteiger partial charge >= 0.3 is 0 Å². The molecule has 0 amide bonds. The van der Waals surface area contributed by atoms with E-state index in [2.05, 4.69) is 166 Å². The highest BCUT2D eigenvalue weighted by Gasteiger charge is 2.42. The molecule has 0 saturated heterocycles. The second kappa shape index (κ2) is 12.4. The Balaban J connectivity index is 1.45. The summed E-state index contributed by atoms with van der Waals surface area (Å²) in [6, 6.07) is 32.6. The highest BCUT2D eigenvalue weighted by atomic mass is 14.5. The summed E-state index contributed by atoms with van der Waals surface area (Å²) in [5.41, 5.74) is 17.5. The lowest BCUT2D eigenvalue weighted by atomic mass is 9.63. The van der Waals surface area contributed by atoms with Crippen LogP contribution in [0, 0.1) is 17.3 Å². The number of rotatable bonds is 8. The number of benzene rings is 4. The first-order chi connectivity index (χ1) is 22.2. The average molecular weight is 621 g/mol. The molecule has 4 aromatic carbocycles. The van der Waals surface area contributed by atoms with Gasteiger partial charge < -0.3 is 0 Å². The van der Waals surface area contributed by atoms with Crippen LogP contribution in [0.1, 0.15) is 115 Å². The predicted octanol–water partition coefficient (Wildman–Crippen LogP) is 13.3. The molecule has 2 aliphatic carbocycles. The van der Waals surface area contributed by atoms with Crippen LogP contribution in [0.15, 0.2) is 96.1 Å². The standard InChI is InChI=1S/C47H56/c1-31(2)29-47(30-32(3)4,39-25-35-13-11-15-41(43(35)27-39)33-17-21-37(22-18-33)45(5,6)7)40-26-36-14-12-16-42(44(36)28-40)34-19-23-38(24-20-34)46(8,9)10/h11-24,27-28,31-32H,25-26,29-30H2,1-10H3. The Morgan fingerprint density at radius 1 is 0.489 bits per heavy atom. The van der Waals surface area contributed by atoms with Gasteiger partial charge in [-0.2, -0.15) is 0 Å². The fraction of sp³-hybridized carbons (Fsp3) is 0.404. The highest BCUT2D eigenvalue weighted by molar-refractivity contribution is 5.84. The van der Waals surface area contributed by atoms with Crippen LogP contribution in [0.25, 0.3) is 34.4 Å². The Kier molecular flexibility index (Phi) is 8.80. The van der Waals surface area contributed by atoms with E-state index in [1.165, 1.54) is 68.5 Å². The van der Waals surface area contributed by atoms with E-state index in [0.29, 0.717) is 11.8 Å². The van der Waals surface area contributed by atoms with Gasteiger partial charge in [-0.05, 0) is 104 Å². The lowest BCUT2D eigenvalue weighted by Gasteiger charge is -2.40. The molecular weight excluding hydrogens is 565 g/mol. The molecule has 47 heavy (non-hydrogen) atoms. The SMILES string of the molecule is CC(C)CC(CC(C)C)(C1=Cc2c(cccc2-c2ccc(C(C)(C)C)cc2)C1)C1=Cc2c(cccc2-c2ccc(C(C)(C)C)cc2)C1. The molecule has 0 aliphatic heterocycles. The van der Waals surface area contributed by atoms with Crippen molar-refractivity contribution in [1.29, 1.82) is 0 Å². The molecule has 0 spiro atoms. The Morgan fingerprint density at radius 2 is 0.851 bits per heavy atom. The maximum Gasteiger partial charge on any atom is 0.0139 e. The van der Waals surface area contributed by atoms with Gasteiger partial charge in [-0.25, -0.2) is 0 Å². The van der Waals surface area contributed by atoms with Crippen molar-refractivity contribution in [2.24, 2.45) is 17.3 Å². The molecule has 0 heteroatoms. The Hall–Kier alpha value is -3.64. The third-order valence-electron chi connectivity index (χ3n) is 10.7. The molecular formula is C47H56. The van der Waals surface area contributed by atoms with Gasteiger partial charge in [0.2, 0.25) is 0 Å². The minimum Gasteiger partial charge on any atom is -0.0627 e. The lowest BCUT2D eigenvalue weighted by Crippen LogP contribution is -2.30. The molecule has 0 atom stereocenters. The van der Waals surface area contributed by atoms with Crippen LogP contribution in [0.4, 0.5) is 0 Å². The fourth-order valence-electron chi connectivity index (χ4n) is 8.36. The van der Waals surface area contributed by atoms with Gasteiger partial charge in [0.25, 0.3) is 0 Å². The molecule has 0 fully saturated rings. The summed E-state index contributed by atoms with van der Waals surface area (Å²) in [4.78, 5) is 0. The first-order valence-corrected chi connectivity index (χ1v) is 18.0. The third kappa shape index (κ3) is 6.59. The van der Waals surface area contributed by atoms with Crippen LogP contribution in [0.3, 0.4) is 0 Å². The molecule has 0 saturated carbocycles. The minimum absolute atomic E-state index is 0.0289. The van der Waals surface area contributed by atoms with Gasteiger partial charge in [-0.3, -0.25) is 0 Å². The summed E-state index contributed by atoms with van der Waals surface area (Å²) in [7, 11) is 0. The molecule has 0 bridgehead atoms. The van der Waals surface area contributed by atoms with Gasteiger partial charge in [0.05, 0.1) is 0 Å². The van der Waals surface area contributed by atoms with E-state index < -0.39 is 0 Å². The lowest BCUT2D eigenvalue weighted by molar-refractivity contribution is 0.273. The molecule has 244 valence electrons. The fourth-order valence-corrected chi connectivity index (χ4v) is 8.36. The quantitative estimate of drug-likeness (QED) is 0.184. The van der Waals surface area contributed by atoms with Crippen LogP contribution >= 0.6 is 0 Å². The number of fused-ring (bicyclic) bond motifs is 2. The topological polar surface area (TPSA) is 0 Å². The van der Waals surface area contributed by atoms with Crippen LogP contribution in [0.2, 0.25) is 0 Å². The largest absolute Gasteiger partial charge is 0.0627 e. The summed E-state index contributed by atoms with van der Waals surface area (Å²) < 4.78 is 0. The molecule has 4 aromatic rings. The third-order valence-corrected chi connectivity index (χ3v) is 10.7. The van der Waals surface area contributed by atoms with E-state index in [1.54, 1.807) is 11.1 Å². The van der Waals surface area contributed by atoms with Crippen LogP contribution in [0.5, 0.6) is 0 Å². The number of allylic oxidation sites excluding steroid dienone is 2. The Bertz CT molecular complexity index is 1670. The zero-order valence-corrected chi connectivity index (χ0v) is 30.7. The van der Waals surface area contributed by atoms with E-state index in [1.807, 2.05) is 0 Å². The van der Waals surface area contributed by atoms with Crippen molar-refractivity contribution in [3.05, 3.63) is 129 Å². The zero-order valence-electron chi connectivity index (χ0n) is 30.7. The van der Waals surface area contributed by atoms with Crippen molar-refractivity contribution in [2.45, 2.75) is 106 Å². The first-order valence-electron chi connectivity index (χ1n) is 18.0. The molecule has 0 radical (unpaired) electrons. The van der Waals surface area contributed by atoms with Crippen molar-refractivity contribution in [1.82, 2.24) is 0 Å². The van der Waals surface area contributed by atoms with Gasteiger partial charge in [0.1, 0.15) is 0 Å². The molecule has 0 aromatic heterocycles. The highest BCUT2D eigenvalue weighted by Crippen LogP contribution is 2.55. The molecule has 2 aliphatic rings. The second-order valence-electron chi connectivity index (χ2n) is 17.4. The van der Waals surface area contributed by atoms with Crippen LogP contribution < -0.4 is 0 Å². The summed E-state index contributed by atoms with van der Waals surface area (Å²) in [6.45, 7) is 23.4. The molecule has 0 N–H and O–H groups in total. The Labute approximate surface area is 286 Å². The van der Waals surface area contributed by atoms with Crippen LogP contribution in [-0.2, 0) is 23.7 Å². The van der Waals surface area contributed by atoms with E-state index in [-0.39, 0.29) is 16.2 Å². The van der Waals surface area contributed by atoms with Crippen molar-refractivity contribution in [3.8, 4) is 22.3 Å². The normalized spacial score (nSPS) is 14.8. The Morgan fingerprint density at radius 3 is 1.17 bits per heavy atom. The average Bonchev–Trinajstić information content (AvgIpc) is 3.65. The molecule has 0 unspecified atom stereocenters. The summed E-state index contributed by atoms with van der Waals surface area (Å²) >= 11 is 0. The monoisotopic (exact) mass is 620 g/mol. The summed E-state index contributed by atoms with van der Waals surface area (Å²) in [5.74, 6) is 1.19. The smallest absolute Gasteiger partial charge is 0.0139 e. The summed E-state index contributed by atoms with van der Waals surface area (Å²) in [5, 5.41) is 0. The van der Waals surface area contributed by atoms with Gasteiger partial charge in [-0.15, -0.1) is 0 Å². The first kappa shape index (κ1) is 33.3. The zero-order chi connectivity index (χ0) is 33.7. The number of hydrogen-bond acceptors (Lipinski definition) is 0. The number of hydrogen-bond donors (Lipinski definition) is 0. The summed E-state index contributed by atoms with van der Waals surface area (Å²) in [6.07, 6.45) is 9.66. The van der Waals surface area contributed by atoms with Gasteiger partial charge in [0.15, 0.2) is 0 Å². The van der Waals surface area contributed by atoms with E-state index in [4.69, 9.17) is 0 Å².